The van der Waals surface area contributed by atoms with Crippen molar-refractivity contribution in [1.82, 2.24) is 15.1 Å². The second kappa shape index (κ2) is 11.6. The molecule has 0 aliphatic carbocycles. The molecule has 0 radical (unpaired) electrons. The number of nitrogens with one attached hydrogen (secondary N) is 1. The van der Waals surface area contributed by atoms with Gasteiger partial charge in [0, 0.05) is 39.0 Å². The van der Waals surface area contributed by atoms with E-state index in [2.05, 4.69) is 72.0 Å². The van der Waals surface area contributed by atoms with Gasteiger partial charge in [0.2, 0.25) is 0 Å². The molecule has 1 atom stereocenters. The second-order valence-corrected chi connectivity index (χ2v) is 8.68. The summed E-state index contributed by atoms with van der Waals surface area (Å²) in [6.45, 7) is 10.7. The maximum Gasteiger partial charge on any atom is 0.194 e. The third-order valence-corrected chi connectivity index (χ3v) is 6.89. The molecule has 0 spiro atoms. The molecular weight excluding hydrogens is 483 g/mol. The molecule has 1 N–H and O–H groups in total. The minimum Gasteiger partial charge on any atom is -0.379 e. The first-order valence-corrected chi connectivity index (χ1v) is 11.2. The van der Waals surface area contributed by atoms with Gasteiger partial charge in [0.25, 0.3) is 0 Å². The van der Waals surface area contributed by atoms with E-state index in [0.29, 0.717) is 0 Å². The lowest BCUT2D eigenvalue weighted by Crippen LogP contribution is -2.56. The molecule has 158 valence electrons. The van der Waals surface area contributed by atoms with Crippen LogP contribution in [0, 0.1) is 6.92 Å². The van der Waals surface area contributed by atoms with E-state index in [0.717, 1.165) is 51.9 Å². The Morgan fingerprint density at radius 2 is 2.07 bits per heavy atom. The molecule has 0 bridgehead atoms. The van der Waals surface area contributed by atoms with Gasteiger partial charge in [-0.05, 0) is 37.1 Å². The number of thioether (sulfide) groups is 1. The highest BCUT2D eigenvalue weighted by Crippen LogP contribution is 2.34. The third-order valence-electron chi connectivity index (χ3n) is 5.65. The first kappa shape index (κ1) is 23.8. The van der Waals surface area contributed by atoms with E-state index >= 15 is 0 Å². The summed E-state index contributed by atoms with van der Waals surface area (Å²) in [6, 6.07) is 8.60. The molecule has 2 heterocycles. The van der Waals surface area contributed by atoms with Gasteiger partial charge in [0.05, 0.1) is 25.3 Å². The Labute approximate surface area is 191 Å². The van der Waals surface area contributed by atoms with E-state index in [1.807, 2.05) is 0 Å². The number of nitrogens with zero attached hydrogens (tertiary/aromatic N) is 3. The molecule has 3 rings (SSSR count). The Morgan fingerprint density at radius 1 is 1.32 bits per heavy atom. The molecule has 0 amide bonds. The van der Waals surface area contributed by atoms with Crippen molar-refractivity contribution in [3.05, 3.63) is 35.4 Å². The van der Waals surface area contributed by atoms with Crippen molar-refractivity contribution in [1.29, 1.82) is 0 Å². The summed E-state index contributed by atoms with van der Waals surface area (Å²) in [7, 11) is 2.14. The van der Waals surface area contributed by atoms with Gasteiger partial charge in [-0.3, -0.25) is 9.89 Å². The molecule has 2 aliphatic rings. The van der Waals surface area contributed by atoms with E-state index in [1.54, 1.807) is 0 Å². The van der Waals surface area contributed by atoms with Crippen molar-refractivity contribution < 1.29 is 4.74 Å². The van der Waals surface area contributed by atoms with Crippen LogP contribution in [0.15, 0.2) is 29.3 Å². The number of aliphatic imine (C=N–C) groups is 1. The highest BCUT2D eigenvalue weighted by Gasteiger charge is 2.40. The van der Waals surface area contributed by atoms with Crippen molar-refractivity contribution in [3.63, 3.8) is 0 Å². The number of aryl methyl sites for hydroxylation is 1. The van der Waals surface area contributed by atoms with Crippen LogP contribution in [0.4, 0.5) is 0 Å². The van der Waals surface area contributed by atoms with Gasteiger partial charge >= 0.3 is 0 Å². The van der Waals surface area contributed by atoms with Gasteiger partial charge in [-0.25, -0.2) is 0 Å². The number of halogens is 1. The van der Waals surface area contributed by atoms with Crippen molar-refractivity contribution in [2.24, 2.45) is 4.99 Å². The van der Waals surface area contributed by atoms with Gasteiger partial charge in [-0.1, -0.05) is 24.3 Å². The average molecular weight is 519 g/mol. The number of hydrogen-bond donors (Lipinski definition) is 1. The zero-order valence-electron chi connectivity index (χ0n) is 17.4. The Kier molecular flexibility index (Phi) is 9.86. The predicted molar refractivity (Wildman–Crippen MR) is 131 cm³/mol. The summed E-state index contributed by atoms with van der Waals surface area (Å²) in [4.78, 5) is 9.99. The van der Waals surface area contributed by atoms with Gasteiger partial charge in [-0.2, -0.15) is 11.8 Å². The first-order chi connectivity index (χ1) is 13.1. The maximum absolute atomic E-state index is 5.58. The first-order valence-electron chi connectivity index (χ1n) is 10.1. The summed E-state index contributed by atoms with van der Waals surface area (Å²) in [6.07, 6.45) is 1.22. The quantitative estimate of drug-likeness (QED) is 0.356. The van der Waals surface area contributed by atoms with E-state index < -0.39 is 0 Å². The Bertz CT molecular complexity index is 631. The fourth-order valence-corrected chi connectivity index (χ4v) is 5.38. The van der Waals surface area contributed by atoms with Crippen molar-refractivity contribution >= 4 is 41.7 Å². The second-order valence-electron chi connectivity index (χ2n) is 7.58. The third kappa shape index (κ3) is 6.00. The topological polar surface area (TPSA) is 40.1 Å². The molecule has 0 saturated carbocycles. The fraction of sp³-hybridized carbons (Fsp3) is 0.667. The van der Waals surface area contributed by atoms with E-state index in [-0.39, 0.29) is 29.5 Å². The number of hydrogen-bond acceptors (Lipinski definition) is 4. The number of morpholine rings is 1. The van der Waals surface area contributed by atoms with Crippen LogP contribution in [0.25, 0.3) is 0 Å². The van der Waals surface area contributed by atoms with Crippen LogP contribution in [-0.2, 0) is 11.3 Å². The van der Waals surface area contributed by atoms with Crippen molar-refractivity contribution in [2.45, 2.75) is 32.4 Å². The number of rotatable bonds is 6. The molecule has 2 saturated heterocycles. The minimum atomic E-state index is 0. The Morgan fingerprint density at radius 3 is 2.71 bits per heavy atom. The van der Waals surface area contributed by atoms with Gasteiger partial charge < -0.3 is 15.0 Å². The molecule has 28 heavy (non-hydrogen) atoms. The van der Waals surface area contributed by atoms with Crippen LogP contribution < -0.4 is 5.32 Å². The van der Waals surface area contributed by atoms with Crippen LogP contribution in [-0.4, -0.2) is 79.2 Å². The van der Waals surface area contributed by atoms with E-state index in [9.17, 15) is 0 Å². The van der Waals surface area contributed by atoms with Crippen LogP contribution in [0.3, 0.4) is 0 Å². The zero-order valence-corrected chi connectivity index (χ0v) is 20.6. The number of ether oxygens (including phenoxy) is 1. The standard InChI is InChI=1S/C21H34N4OS.HI/c1-4-22-20(24(3)15-19-8-6-5-7-18(19)2)23-16-21(9-14-27-17-21)25-10-12-26-13-11-25;/h5-8H,4,9-17H2,1-3H3,(H,22,23);1H. The summed E-state index contributed by atoms with van der Waals surface area (Å²) in [5, 5.41) is 3.49. The predicted octanol–water partition coefficient (Wildman–Crippen LogP) is 3.22. The molecule has 7 heteroatoms. The fourth-order valence-electron chi connectivity index (χ4n) is 3.92. The van der Waals surface area contributed by atoms with Crippen molar-refractivity contribution in [2.75, 3.05) is 57.9 Å². The number of guanidine groups is 1. The largest absolute Gasteiger partial charge is 0.379 e. The molecule has 0 aromatic heterocycles. The smallest absolute Gasteiger partial charge is 0.194 e. The Hall–Kier alpha value is -0.510. The van der Waals surface area contributed by atoms with Crippen LogP contribution in [0.2, 0.25) is 0 Å². The SMILES string of the molecule is CCNC(=NCC1(N2CCOCC2)CCSC1)N(C)Cc1ccccc1C.I. The molecule has 1 unspecified atom stereocenters. The zero-order chi connectivity index (χ0) is 19.1. The van der Waals surface area contributed by atoms with Crippen LogP contribution >= 0.6 is 35.7 Å². The van der Waals surface area contributed by atoms with Gasteiger partial charge in [0.15, 0.2) is 5.96 Å². The molecular formula is C21H35IN4OS. The minimum absolute atomic E-state index is 0. The molecule has 2 aliphatic heterocycles. The van der Waals surface area contributed by atoms with Gasteiger partial charge in [0.1, 0.15) is 0 Å². The average Bonchev–Trinajstić information content (AvgIpc) is 3.18. The lowest BCUT2D eigenvalue weighted by Gasteiger charge is -2.42. The lowest BCUT2D eigenvalue weighted by atomic mass is 9.96. The summed E-state index contributed by atoms with van der Waals surface area (Å²) < 4.78 is 5.58. The Balaban J connectivity index is 0.00000280. The summed E-state index contributed by atoms with van der Waals surface area (Å²) in [5.41, 5.74) is 2.88. The van der Waals surface area contributed by atoms with Crippen LogP contribution in [0.1, 0.15) is 24.5 Å². The summed E-state index contributed by atoms with van der Waals surface area (Å²) in [5.74, 6) is 3.42. The van der Waals surface area contributed by atoms with Gasteiger partial charge in [-0.15, -0.1) is 24.0 Å². The van der Waals surface area contributed by atoms with Crippen LogP contribution in [0.5, 0.6) is 0 Å². The molecule has 2 fully saturated rings. The maximum atomic E-state index is 5.58. The number of benzene rings is 1. The highest BCUT2D eigenvalue weighted by molar-refractivity contribution is 14.0. The molecule has 1 aromatic carbocycles. The lowest BCUT2D eigenvalue weighted by molar-refractivity contribution is -0.0105. The highest BCUT2D eigenvalue weighted by atomic mass is 127. The molecule has 1 aromatic rings. The normalized spacial score (nSPS) is 23.3. The monoisotopic (exact) mass is 518 g/mol. The van der Waals surface area contributed by atoms with E-state index in [4.69, 9.17) is 9.73 Å². The van der Waals surface area contributed by atoms with Crippen molar-refractivity contribution in [3.8, 4) is 0 Å². The molecule has 5 nitrogen and oxygen atoms in total. The summed E-state index contributed by atoms with van der Waals surface area (Å²) >= 11 is 2.07. The van der Waals surface area contributed by atoms with E-state index in [1.165, 1.54) is 29.1 Å².